The van der Waals surface area contributed by atoms with Gasteiger partial charge in [0, 0.05) is 27.0 Å². The second-order valence-electron chi connectivity index (χ2n) is 7.92. The standard InChI is InChI=1S/C24H17BrClN3O3/c1-31-16-4-2-3-13(9-16)20-12-21-17-10-14(25)5-8-22(17)32-24(29(21)28-20)18-11-15(26)6-7-19(18)27-23(24)30/h2-11,21H,12H2,1H3,(H,27,30)/t21-,24-/m1/s1. The highest BCUT2D eigenvalue weighted by atomic mass is 79.9. The monoisotopic (exact) mass is 509 g/mol. The van der Waals surface area contributed by atoms with Crippen molar-refractivity contribution < 1.29 is 14.3 Å². The molecule has 6 rings (SSSR count). The number of fused-ring (bicyclic) bond motifs is 6. The SMILES string of the molecule is COc1cccc(C2=NN3[C@H](C2)c2cc(Br)ccc2O[C@]32C(=O)Nc3ccc(Cl)cc32)c1. The molecule has 0 fully saturated rings. The molecular formula is C24H17BrClN3O3. The van der Waals surface area contributed by atoms with Gasteiger partial charge in [0.1, 0.15) is 11.5 Å². The average molecular weight is 511 g/mol. The van der Waals surface area contributed by atoms with Gasteiger partial charge in [0.15, 0.2) is 0 Å². The van der Waals surface area contributed by atoms with Crippen molar-refractivity contribution in [2.24, 2.45) is 5.10 Å². The minimum absolute atomic E-state index is 0.187. The smallest absolute Gasteiger partial charge is 0.306 e. The van der Waals surface area contributed by atoms with E-state index in [2.05, 4.69) is 21.2 Å². The molecule has 8 heteroatoms. The Hall–Kier alpha value is -3.03. The van der Waals surface area contributed by atoms with Crippen molar-refractivity contribution in [2.75, 3.05) is 12.4 Å². The number of rotatable bonds is 2. The Kier molecular flexibility index (Phi) is 4.29. The molecule has 1 N–H and O–H groups in total. The number of benzene rings is 3. The van der Waals surface area contributed by atoms with E-state index in [1.807, 2.05) is 42.5 Å². The Morgan fingerprint density at radius 1 is 1.22 bits per heavy atom. The highest BCUT2D eigenvalue weighted by molar-refractivity contribution is 9.10. The molecule has 1 spiro atoms. The molecule has 3 heterocycles. The van der Waals surface area contributed by atoms with Gasteiger partial charge in [-0.25, -0.2) is 5.01 Å². The molecule has 3 aliphatic rings. The summed E-state index contributed by atoms with van der Waals surface area (Å²) in [6.07, 6.45) is 0.616. The van der Waals surface area contributed by atoms with Crippen LogP contribution in [0.5, 0.6) is 11.5 Å². The molecule has 0 aliphatic carbocycles. The van der Waals surface area contributed by atoms with Crippen LogP contribution in [0, 0.1) is 0 Å². The first kappa shape index (κ1) is 19.6. The molecule has 3 aromatic rings. The van der Waals surface area contributed by atoms with Crippen molar-refractivity contribution in [3.05, 3.63) is 86.8 Å². The highest BCUT2D eigenvalue weighted by Gasteiger charge is 2.61. The third kappa shape index (κ3) is 2.71. The molecule has 0 unspecified atom stereocenters. The van der Waals surface area contributed by atoms with Gasteiger partial charge in [-0.1, -0.05) is 39.7 Å². The number of nitrogens with one attached hydrogen (secondary N) is 1. The molecule has 32 heavy (non-hydrogen) atoms. The lowest BCUT2D eigenvalue weighted by Crippen LogP contribution is -2.55. The van der Waals surface area contributed by atoms with Crippen LogP contribution < -0.4 is 14.8 Å². The Labute approximate surface area is 197 Å². The van der Waals surface area contributed by atoms with E-state index < -0.39 is 5.72 Å². The van der Waals surface area contributed by atoms with Gasteiger partial charge in [-0.3, -0.25) is 4.79 Å². The predicted octanol–water partition coefficient (Wildman–Crippen LogP) is 5.46. The van der Waals surface area contributed by atoms with Gasteiger partial charge in [0.2, 0.25) is 0 Å². The van der Waals surface area contributed by atoms with Crippen molar-refractivity contribution >= 4 is 44.8 Å². The number of methoxy groups -OCH3 is 1. The summed E-state index contributed by atoms with van der Waals surface area (Å²) in [6.45, 7) is 0. The van der Waals surface area contributed by atoms with Crippen LogP contribution >= 0.6 is 27.5 Å². The molecule has 3 aromatic carbocycles. The Bertz CT molecular complexity index is 1330. The molecule has 2 atom stereocenters. The number of amides is 1. The second-order valence-corrected chi connectivity index (χ2v) is 9.27. The largest absolute Gasteiger partial charge is 0.497 e. The van der Waals surface area contributed by atoms with Gasteiger partial charge < -0.3 is 14.8 Å². The maximum absolute atomic E-state index is 13.5. The summed E-state index contributed by atoms with van der Waals surface area (Å²) >= 11 is 9.89. The topological polar surface area (TPSA) is 63.2 Å². The molecule has 160 valence electrons. The van der Waals surface area contributed by atoms with Crippen molar-refractivity contribution in [1.29, 1.82) is 0 Å². The van der Waals surface area contributed by atoms with Crippen molar-refractivity contribution in [1.82, 2.24) is 5.01 Å². The minimum Gasteiger partial charge on any atom is -0.497 e. The van der Waals surface area contributed by atoms with E-state index >= 15 is 0 Å². The van der Waals surface area contributed by atoms with Crippen LogP contribution in [0.25, 0.3) is 0 Å². The first-order chi connectivity index (χ1) is 15.5. The number of hydrazone groups is 1. The maximum Gasteiger partial charge on any atom is 0.306 e. The molecule has 0 radical (unpaired) electrons. The summed E-state index contributed by atoms with van der Waals surface area (Å²) in [5.41, 5.74) is 2.65. The molecule has 0 bridgehead atoms. The zero-order chi connectivity index (χ0) is 22.0. The Balaban J connectivity index is 1.57. The van der Waals surface area contributed by atoms with Gasteiger partial charge in [0.05, 0.1) is 30.1 Å². The first-order valence-corrected chi connectivity index (χ1v) is 11.3. The normalized spacial score (nSPS) is 22.6. The number of halogens is 2. The molecule has 0 saturated carbocycles. The lowest BCUT2D eigenvalue weighted by molar-refractivity contribution is -0.161. The summed E-state index contributed by atoms with van der Waals surface area (Å²) in [5.74, 6) is 1.11. The van der Waals surface area contributed by atoms with Gasteiger partial charge in [-0.15, -0.1) is 0 Å². The van der Waals surface area contributed by atoms with E-state index in [9.17, 15) is 4.79 Å². The van der Waals surface area contributed by atoms with E-state index in [0.29, 0.717) is 28.4 Å². The van der Waals surface area contributed by atoms with Crippen LogP contribution in [0.2, 0.25) is 5.02 Å². The Morgan fingerprint density at radius 2 is 2.09 bits per heavy atom. The summed E-state index contributed by atoms with van der Waals surface area (Å²) in [7, 11) is 1.64. The molecule has 0 aromatic heterocycles. The van der Waals surface area contributed by atoms with Crippen LogP contribution in [0.4, 0.5) is 5.69 Å². The fourth-order valence-electron chi connectivity index (χ4n) is 4.66. The van der Waals surface area contributed by atoms with Gasteiger partial charge in [-0.05, 0) is 48.5 Å². The average Bonchev–Trinajstić information content (AvgIpc) is 3.36. The summed E-state index contributed by atoms with van der Waals surface area (Å²) in [4.78, 5) is 13.5. The molecular weight excluding hydrogens is 494 g/mol. The first-order valence-electron chi connectivity index (χ1n) is 10.1. The third-order valence-electron chi connectivity index (χ3n) is 6.13. The number of hydrogen-bond acceptors (Lipinski definition) is 5. The van der Waals surface area contributed by atoms with Crippen molar-refractivity contribution in [2.45, 2.75) is 18.2 Å². The van der Waals surface area contributed by atoms with Crippen LogP contribution in [0.3, 0.4) is 0 Å². The predicted molar refractivity (Wildman–Crippen MR) is 125 cm³/mol. The molecule has 0 saturated heterocycles. The van der Waals surface area contributed by atoms with Gasteiger partial charge in [-0.2, -0.15) is 5.10 Å². The summed E-state index contributed by atoms with van der Waals surface area (Å²) < 4.78 is 12.8. The number of anilines is 1. The van der Waals surface area contributed by atoms with Crippen LogP contribution in [-0.4, -0.2) is 23.7 Å². The fourth-order valence-corrected chi connectivity index (χ4v) is 5.21. The Morgan fingerprint density at radius 3 is 2.94 bits per heavy atom. The summed E-state index contributed by atoms with van der Waals surface area (Å²) in [6, 6.07) is 18.7. The van der Waals surface area contributed by atoms with Crippen LogP contribution in [-0.2, 0) is 10.5 Å². The maximum atomic E-state index is 13.5. The van der Waals surface area contributed by atoms with Gasteiger partial charge >= 0.3 is 5.72 Å². The number of nitrogens with zero attached hydrogens (tertiary/aromatic N) is 2. The molecule has 1 amide bonds. The number of hydrogen-bond donors (Lipinski definition) is 1. The number of ether oxygens (including phenoxy) is 2. The van der Waals surface area contributed by atoms with E-state index in [4.69, 9.17) is 26.2 Å². The highest BCUT2D eigenvalue weighted by Crippen LogP contribution is 2.54. The molecule has 6 nitrogen and oxygen atoms in total. The molecule has 3 aliphatic heterocycles. The minimum atomic E-state index is -1.44. The number of carbonyl (C=O) groups is 1. The summed E-state index contributed by atoms with van der Waals surface area (Å²) in [5, 5.41) is 10.2. The van der Waals surface area contributed by atoms with E-state index in [1.165, 1.54) is 0 Å². The van der Waals surface area contributed by atoms with Crippen LogP contribution in [0.15, 0.2) is 70.2 Å². The second kappa shape index (κ2) is 6.98. The lowest BCUT2D eigenvalue weighted by Gasteiger charge is -2.44. The number of carbonyl (C=O) groups excluding carboxylic acids is 1. The van der Waals surface area contributed by atoms with Crippen molar-refractivity contribution in [3.8, 4) is 11.5 Å². The van der Waals surface area contributed by atoms with Crippen molar-refractivity contribution in [3.63, 3.8) is 0 Å². The third-order valence-corrected chi connectivity index (χ3v) is 6.86. The van der Waals surface area contributed by atoms with E-state index in [-0.39, 0.29) is 11.9 Å². The fraction of sp³-hybridized carbons (Fsp3) is 0.167. The van der Waals surface area contributed by atoms with E-state index in [1.54, 1.807) is 30.3 Å². The van der Waals surface area contributed by atoms with Gasteiger partial charge in [0.25, 0.3) is 5.91 Å². The zero-order valence-electron chi connectivity index (χ0n) is 16.9. The zero-order valence-corrected chi connectivity index (χ0v) is 19.3. The van der Waals surface area contributed by atoms with E-state index in [0.717, 1.165) is 27.1 Å². The van der Waals surface area contributed by atoms with Crippen LogP contribution in [0.1, 0.15) is 29.2 Å². The lowest BCUT2D eigenvalue weighted by atomic mass is 9.92. The quantitative estimate of drug-likeness (QED) is 0.497.